The van der Waals surface area contributed by atoms with Crippen LogP contribution in [0.2, 0.25) is 0 Å². The molecule has 0 aliphatic rings. The lowest BCUT2D eigenvalue weighted by molar-refractivity contribution is -0.141. The fraction of sp³-hybridized carbons (Fsp3) is 0.833. The Balaban J connectivity index is -0.000000636. The molecule has 0 amide bonds. The first-order chi connectivity index (χ1) is 11.6. The van der Waals surface area contributed by atoms with E-state index in [0.717, 1.165) is 12.8 Å². The lowest BCUT2D eigenvalue weighted by atomic mass is 10.1. The van der Waals surface area contributed by atoms with Crippen molar-refractivity contribution >= 4 is 31.2 Å². The van der Waals surface area contributed by atoms with Crippen LogP contribution >= 0.6 is 25.3 Å². The topological polar surface area (TPSA) is 66.8 Å². The molecule has 0 heterocycles. The van der Waals surface area contributed by atoms with Crippen LogP contribution in [0, 0.1) is 0 Å². The minimum Gasteiger partial charge on any atom is -0.464 e. The van der Waals surface area contributed by atoms with Crippen LogP contribution in [0.25, 0.3) is 0 Å². The van der Waals surface area contributed by atoms with Gasteiger partial charge in [-0.2, -0.15) is 25.3 Å². The highest BCUT2D eigenvalue weighted by Crippen LogP contribution is 2.10. The van der Waals surface area contributed by atoms with Gasteiger partial charge in [-0.15, -0.1) is 13.2 Å². The number of ether oxygens (including phenoxy) is 1. The molecule has 0 unspecified atom stereocenters. The summed E-state index contributed by atoms with van der Waals surface area (Å²) in [5.74, 6) is -0.336. The first kappa shape index (κ1) is 28.6. The molecule has 0 spiro atoms. The van der Waals surface area contributed by atoms with Crippen LogP contribution in [0.3, 0.4) is 0 Å². The standard InChI is InChI=1S/C14H28O2S2.C2H6O2.C2H4/c1-2-3-4-5-6-7-8-9-10-11-12-16-13(15)14(17)18;3-1-2-4;1-2/h14,17-18H,2-12H2,1H3;3-4H,1-2H2;1-2H2. The minimum absolute atomic E-state index is 0.125. The molecule has 0 aromatic carbocycles. The number of aliphatic hydroxyl groups excluding tert-OH is 2. The van der Waals surface area contributed by atoms with E-state index < -0.39 is 4.58 Å². The van der Waals surface area contributed by atoms with Gasteiger partial charge in [0.1, 0.15) is 4.58 Å². The van der Waals surface area contributed by atoms with E-state index in [9.17, 15) is 4.79 Å². The molecule has 24 heavy (non-hydrogen) atoms. The molecule has 0 bridgehead atoms. The number of hydrogen-bond donors (Lipinski definition) is 4. The fourth-order valence-electron chi connectivity index (χ4n) is 1.84. The molecule has 0 aliphatic carbocycles. The van der Waals surface area contributed by atoms with Crippen molar-refractivity contribution in [2.75, 3.05) is 19.8 Å². The van der Waals surface area contributed by atoms with Gasteiger partial charge in [0.25, 0.3) is 0 Å². The van der Waals surface area contributed by atoms with Crippen molar-refractivity contribution in [1.82, 2.24) is 0 Å². The molecule has 0 radical (unpaired) electrons. The van der Waals surface area contributed by atoms with Gasteiger partial charge in [0, 0.05) is 0 Å². The van der Waals surface area contributed by atoms with Gasteiger partial charge >= 0.3 is 5.97 Å². The summed E-state index contributed by atoms with van der Waals surface area (Å²) < 4.78 is 4.38. The Morgan fingerprint density at radius 2 is 1.25 bits per heavy atom. The third-order valence-corrected chi connectivity index (χ3v) is 3.47. The number of carbonyl (C=O) groups is 1. The van der Waals surface area contributed by atoms with E-state index in [1.165, 1.54) is 51.4 Å². The zero-order valence-corrected chi connectivity index (χ0v) is 17.1. The third-order valence-electron chi connectivity index (χ3n) is 3.05. The third kappa shape index (κ3) is 29.8. The van der Waals surface area contributed by atoms with Crippen molar-refractivity contribution in [2.45, 2.75) is 75.7 Å². The molecule has 6 heteroatoms. The maximum absolute atomic E-state index is 11.0. The first-order valence-corrected chi connectivity index (χ1v) is 9.87. The Labute approximate surface area is 159 Å². The SMILES string of the molecule is C=C.CCCCCCCCCCCCOC(=O)C(S)S.OCCO. The van der Waals surface area contributed by atoms with Crippen LogP contribution in [0.5, 0.6) is 0 Å². The van der Waals surface area contributed by atoms with E-state index in [-0.39, 0.29) is 19.2 Å². The Kier molecular flexibility index (Phi) is 33.0. The van der Waals surface area contributed by atoms with Crippen LogP contribution in [0.15, 0.2) is 13.2 Å². The van der Waals surface area contributed by atoms with Gasteiger partial charge in [-0.25, -0.2) is 4.79 Å². The summed E-state index contributed by atoms with van der Waals surface area (Å²) in [6.45, 7) is 8.50. The average molecular weight is 383 g/mol. The highest BCUT2D eigenvalue weighted by molar-refractivity contribution is 8.00. The molecule has 2 N–H and O–H groups in total. The van der Waals surface area contributed by atoms with Crippen LogP contribution < -0.4 is 0 Å². The molecule has 0 aliphatic heterocycles. The fourth-order valence-corrected chi connectivity index (χ4v) is 1.99. The lowest BCUT2D eigenvalue weighted by Gasteiger charge is -2.06. The van der Waals surface area contributed by atoms with Crippen molar-refractivity contribution in [3.05, 3.63) is 13.2 Å². The lowest BCUT2D eigenvalue weighted by Crippen LogP contribution is -2.13. The Hall–Kier alpha value is -0.170. The Morgan fingerprint density at radius 3 is 1.58 bits per heavy atom. The number of unbranched alkanes of at least 4 members (excludes halogenated alkanes) is 9. The van der Waals surface area contributed by atoms with Crippen LogP contribution in [0.1, 0.15) is 71.1 Å². The summed E-state index contributed by atoms with van der Waals surface area (Å²) >= 11 is 7.78. The number of rotatable bonds is 13. The van der Waals surface area contributed by atoms with E-state index in [2.05, 4.69) is 45.3 Å². The monoisotopic (exact) mass is 382 g/mol. The largest absolute Gasteiger partial charge is 0.464 e. The average Bonchev–Trinajstić information content (AvgIpc) is 2.61. The van der Waals surface area contributed by atoms with Crippen molar-refractivity contribution < 1.29 is 19.7 Å². The molecule has 4 nitrogen and oxygen atoms in total. The Bertz CT molecular complexity index is 237. The summed E-state index contributed by atoms with van der Waals surface area (Å²) in [4.78, 5) is 11.0. The van der Waals surface area contributed by atoms with Gasteiger partial charge in [0.05, 0.1) is 19.8 Å². The number of hydrogen-bond acceptors (Lipinski definition) is 6. The molecular formula is C18H38O4S2. The summed E-state index contributed by atoms with van der Waals surface area (Å²) in [5, 5.41) is 15.2. The van der Waals surface area contributed by atoms with Crippen molar-refractivity contribution in [1.29, 1.82) is 0 Å². The predicted octanol–water partition coefficient (Wildman–Crippen LogP) is 4.41. The number of aliphatic hydroxyl groups is 2. The zero-order chi connectivity index (χ0) is 19.1. The number of carbonyl (C=O) groups excluding carboxylic acids is 1. The van der Waals surface area contributed by atoms with E-state index in [0.29, 0.717) is 6.61 Å². The van der Waals surface area contributed by atoms with Gasteiger partial charge in [-0.1, -0.05) is 64.7 Å². The van der Waals surface area contributed by atoms with E-state index in [1.807, 2.05) is 0 Å². The second-order valence-electron chi connectivity index (χ2n) is 5.17. The normalized spacial score (nSPS) is 9.58. The second kappa shape index (κ2) is 27.7. The second-order valence-corrected chi connectivity index (χ2v) is 6.61. The first-order valence-electron chi connectivity index (χ1n) is 8.84. The maximum Gasteiger partial charge on any atom is 0.328 e. The summed E-state index contributed by atoms with van der Waals surface area (Å²) in [6, 6.07) is 0. The van der Waals surface area contributed by atoms with Crippen LogP contribution in [-0.2, 0) is 9.53 Å². The highest BCUT2D eigenvalue weighted by Gasteiger charge is 2.08. The molecule has 146 valence electrons. The van der Waals surface area contributed by atoms with Crippen molar-refractivity contribution in [3.63, 3.8) is 0 Å². The van der Waals surface area contributed by atoms with E-state index in [1.54, 1.807) is 0 Å². The molecule has 0 rings (SSSR count). The van der Waals surface area contributed by atoms with Crippen LogP contribution in [-0.4, -0.2) is 40.6 Å². The quantitative estimate of drug-likeness (QED) is 0.125. The van der Waals surface area contributed by atoms with E-state index >= 15 is 0 Å². The zero-order valence-electron chi connectivity index (χ0n) is 15.3. The Morgan fingerprint density at radius 1 is 0.875 bits per heavy atom. The van der Waals surface area contributed by atoms with Crippen molar-refractivity contribution in [2.24, 2.45) is 0 Å². The number of esters is 1. The summed E-state index contributed by atoms with van der Waals surface area (Å²) in [7, 11) is 0. The van der Waals surface area contributed by atoms with Crippen molar-refractivity contribution in [3.8, 4) is 0 Å². The molecular weight excluding hydrogens is 344 g/mol. The minimum atomic E-state index is -0.604. The smallest absolute Gasteiger partial charge is 0.328 e. The van der Waals surface area contributed by atoms with Crippen LogP contribution in [0.4, 0.5) is 0 Å². The molecule has 0 atom stereocenters. The van der Waals surface area contributed by atoms with E-state index in [4.69, 9.17) is 14.9 Å². The predicted molar refractivity (Wildman–Crippen MR) is 110 cm³/mol. The molecule has 0 saturated heterocycles. The highest BCUT2D eigenvalue weighted by atomic mass is 32.2. The molecule has 0 fully saturated rings. The molecule has 0 aromatic heterocycles. The molecule has 0 aromatic rings. The van der Waals surface area contributed by atoms with Gasteiger partial charge in [-0.3, -0.25) is 0 Å². The van der Waals surface area contributed by atoms with Gasteiger partial charge in [0.2, 0.25) is 0 Å². The summed E-state index contributed by atoms with van der Waals surface area (Å²) in [6.07, 6.45) is 12.8. The number of thiol groups is 2. The molecule has 0 saturated carbocycles. The van der Waals surface area contributed by atoms with Gasteiger partial charge in [0.15, 0.2) is 0 Å². The van der Waals surface area contributed by atoms with Gasteiger partial charge in [-0.05, 0) is 6.42 Å². The van der Waals surface area contributed by atoms with Gasteiger partial charge < -0.3 is 14.9 Å². The summed E-state index contributed by atoms with van der Waals surface area (Å²) in [5.41, 5.74) is 0. The maximum atomic E-state index is 11.0.